The molecule has 2 nitrogen and oxygen atoms in total. The summed E-state index contributed by atoms with van der Waals surface area (Å²) in [6.45, 7) is 0. The molecule has 3 heteroatoms. The Kier molecular flexibility index (Phi) is 5.01. The molecule has 8 rings (SSSR count). The lowest BCUT2D eigenvalue weighted by atomic mass is 9.70. The van der Waals surface area contributed by atoms with Crippen LogP contribution in [0.3, 0.4) is 0 Å². The Labute approximate surface area is 238 Å². The highest BCUT2D eigenvalue weighted by Gasteiger charge is 2.51. The summed E-state index contributed by atoms with van der Waals surface area (Å²) in [7, 11) is 0. The van der Waals surface area contributed by atoms with Gasteiger partial charge in [0.05, 0.1) is 17.0 Å². The van der Waals surface area contributed by atoms with Gasteiger partial charge in [0.1, 0.15) is 5.82 Å². The fraction of sp³-hybridized carbons (Fsp3) is 0.0263. The van der Waals surface area contributed by atoms with Gasteiger partial charge in [0.15, 0.2) is 0 Å². The zero-order valence-electron chi connectivity index (χ0n) is 22.1. The third-order valence-electron chi connectivity index (χ3n) is 8.56. The second-order valence-corrected chi connectivity index (χ2v) is 10.6. The zero-order valence-corrected chi connectivity index (χ0v) is 22.1. The van der Waals surface area contributed by atoms with Gasteiger partial charge in [-0.25, -0.2) is 4.39 Å². The summed E-state index contributed by atoms with van der Waals surface area (Å²) in [5.41, 5.74) is 12.7. The van der Waals surface area contributed by atoms with E-state index in [1.807, 2.05) is 18.2 Å². The van der Waals surface area contributed by atoms with Crippen molar-refractivity contribution in [2.75, 3.05) is 4.90 Å². The van der Waals surface area contributed by atoms with Gasteiger partial charge in [0, 0.05) is 17.1 Å². The van der Waals surface area contributed by atoms with E-state index in [0.29, 0.717) is 11.3 Å². The molecule has 6 aromatic rings. The molecule has 1 spiro atoms. The van der Waals surface area contributed by atoms with Crippen LogP contribution in [-0.2, 0) is 5.41 Å². The SMILES string of the molecule is N#Cc1ccc(N(c2cccc(F)c2)c2ccc3c(c2)-c2ccccc2C32c3ccccc3-c3ccccc32)cc1. The average molecular weight is 527 g/mol. The average Bonchev–Trinajstić information content (AvgIpc) is 3.49. The Hall–Kier alpha value is -5.46. The normalized spacial score (nSPS) is 13.2. The monoisotopic (exact) mass is 526 g/mol. The van der Waals surface area contributed by atoms with Crippen molar-refractivity contribution in [2.24, 2.45) is 0 Å². The number of anilines is 3. The molecular formula is C38H23FN2. The van der Waals surface area contributed by atoms with Crippen LogP contribution in [0.1, 0.15) is 27.8 Å². The Morgan fingerprint density at radius 3 is 1.59 bits per heavy atom. The molecule has 0 saturated heterocycles. The third kappa shape index (κ3) is 3.22. The van der Waals surface area contributed by atoms with Crippen LogP contribution in [0.4, 0.5) is 21.5 Å². The van der Waals surface area contributed by atoms with E-state index >= 15 is 0 Å². The molecule has 0 heterocycles. The second-order valence-electron chi connectivity index (χ2n) is 10.6. The van der Waals surface area contributed by atoms with Crippen LogP contribution in [0, 0.1) is 17.1 Å². The van der Waals surface area contributed by atoms with Crippen molar-refractivity contribution in [3.05, 3.63) is 173 Å². The number of benzene rings is 6. The van der Waals surface area contributed by atoms with Crippen LogP contribution in [0.5, 0.6) is 0 Å². The van der Waals surface area contributed by atoms with E-state index in [4.69, 9.17) is 0 Å². The first-order chi connectivity index (χ1) is 20.2. The predicted molar refractivity (Wildman–Crippen MR) is 162 cm³/mol. The summed E-state index contributed by atoms with van der Waals surface area (Å²) in [5, 5.41) is 9.36. The second kappa shape index (κ2) is 8.78. The highest BCUT2D eigenvalue weighted by molar-refractivity contribution is 5.96. The predicted octanol–water partition coefficient (Wildman–Crippen LogP) is 9.51. The van der Waals surface area contributed by atoms with Gasteiger partial charge in [-0.15, -0.1) is 0 Å². The lowest BCUT2D eigenvalue weighted by molar-refractivity contribution is 0.628. The number of rotatable bonds is 3. The highest BCUT2D eigenvalue weighted by Crippen LogP contribution is 2.63. The Balaban J connectivity index is 1.40. The van der Waals surface area contributed by atoms with E-state index in [2.05, 4.69) is 102 Å². The fourth-order valence-corrected chi connectivity index (χ4v) is 6.97. The maximum absolute atomic E-state index is 14.5. The number of halogens is 1. The van der Waals surface area contributed by atoms with Crippen LogP contribution in [-0.4, -0.2) is 0 Å². The van der Waals surface area contributed by atoms with E-state index in [0.717, 1.165) is 11.4 Å². The first-order valence-corrected chi connectivity index (χ1v) is 13.7. The van der Waals surface area contributed by atoms with E-state index < -0.39 is 5.41 Å². The van der Waals surface area contributed by atoms with Crippen LogP contribution in [0.25, 0.3) is 22.3 Å². The molecule has 6 aromatic carbocycles. The zero-order chi connectivity index (χ0) is 27.6. The topological polar surface area (TPSA) is 27.0 Å². The number of nitriles is 1. The first-order valence-electron chi connectivity index (χ1n) is 13.7. The molecule has 0 fully saturated rings. The van der Waals surface area contributed by atoms with Crippen LogP contribution in [0.2, 0.25) is 0 Å². The van der Waals surface area contributed by atoms with Gasteiger partial charge in [-0.1, -0.05) is 84.9 Å². The smallest absolute Gasteiger partial charge is 0.125 e. The molecule has 2 aliphatic carbocycles. The van der Waals surface area contributed by atoms with E-state index in [1.165, 1.54) is 50.6 Å². The molecule has 0 aromatic heterocycles. The first kappa shape index (κ1) is 23.4. The molecule has 0 amide bonds. The van der Waals surface area contributed by atoms with Crippen molar-refractivity contribution in [1.29, 1.82) is 5.26 Å². The van der Waals surface area contributed by atoms with Gasteiger partial charge >= 0.3 is 0 Å². The molecule has 0 bridgehead atoms. The molecule has 0 N–H and O–H groups in total. The van der Waals surface area contributed by atoms with Gasteiger partial charge < -0.3 is 4.90 Å². The van der Waals surface area contributed by atoms with Crippen LogP contribution >= 0.6 is 0 Å². The minimum Gasteiger partial charge on any atom is -0.310 e. The van der Waals surface area contributed by atoms with Gasteiger partial charge in [0.25, 0.3) is 0 Å². The molecule has 41 heavy (non-hydrogen) atoms. The molecular weight excluding hydrogens is 503 g/mol. The summed E-state index contributed by atoms with van der Waals surface area (Å²) in [5.74, 6) is -0.300. The van der Waals surface area contributed by atoms with Crippen molar-refractivity contribution in [1.82, 2.24) is 0 Å². The summed E-state index contributed by atoms with van der Waals surface area (Å²) in [4.78, 5) is 2.05. The van der Waals surface area contributed by atoms with Gasteiger partial charge in [-0.2, -0.15) is 5.26 Å². The molecule has 0 unspecified atom stereocenters. The fourth-order valence-electron chi connectivity index (χ4n) is 6.97. The molecule has 0 radical (unpaired) electrons. The molecule has 192 valence electrons. The standard InChI is InChI=1S/C38H23FN2/c39-26-8-7-9-28(22-26)41(27-18-16-25(24-40)17-19-27)29-20-21-37-33(23-29)32-12-3-6-15-36(32)38(37)34-13-4-1-10-30(34)31-11-2-5-14-35(31)38/h1-23H. The van der Waals surface area contributed by atoms with Crippen molar-refractivity contribution < 1.29 is 4.39 Å². The molecule has 0 atom stereocenters. The number of fused-ring (bicyclic) bond motifs is 10. The van der Waals surface area contributed by atoms with Crippen molar-refractivity contribution in [2.45, 2.75) is 5.41 Å². The third-order valence-corrected chi connectivity index (χ3v) is 8.56. The maximum atomic E-state index is 14.5. The van der Waals surface area contributed by atoms with Gasteiger partial charge in [0.2, 0.25) is 0 Å². The van der Waals surface area contributed by atoms with Crippen molar-refractivity contribution in [3.63, 3.8) is 0 Å². The Bertz CT molecular complexity index is 1990. The lowest BCUT2D eigenvalue weighted by Gasteiger charge is -2.31. The van der Waals surface area contributed by atoms with Crippen LogP contribution < -0.4 is 4.90 Å². The summed E-state index contributed by atoms with van der Waals surface area (Å²) >= 11 is 0. The number of hydrogen-bond acceptors (Lipinski definition) is 2. The summed E-state index contributed by atoms with van der Waals surface area (Å²) in [6, 6.07) is 49.1. The minimum absolute atomic E-state index is 0.300. The molecule has 0 saturated carbocycles. The van der Waals surface area contributed by atoms with Crippen molar-refractivity contribution in [3.8, 4) is 28.3 Å². The number of nitrogens with zero attached hydrogens (tertiary/aromatic N) is 2. The van der Waals surface area contributed by atoms with Crippen LogP contribution in [0.15, 0.2) is 140 Å². The quantitative estimate of drug-likeness (QED) is 0.229. The van der Waals surface area contributed by atoms with E-state index in [9.17, 15) is 9.65 Å². The highest BCUT2D eigenvalue weighted by atomic mass is 19.1. The summed E-state index contributed by atoms with van der Waals surface area (Å²) < 4.78 is 14.5. The van der Waals surface area contributed by atoms with E-state index in [1.54, 1.807) is 24.3 Å². The van der Waals surface area contributed by atoms with E-state index in [-0.39, 0.29) is 5.82 Å². The maximum Gasteiger partial charge on any atom is 0.125 e. The molecule has 0 aliphatic heterocycles. The Morgan fingerprint density at radius 1 is 0.488 bits per heavy atom. The minimum atomic E-state index is -0.407. The lowest BCUT2D eigenvalue weighted by Crippen LogP contribution is -2.25. The van der Waals surface area contributed by atoms with Crippen molar-refractivity contribution >= 4 is 17.1 Å². The largest absolute Gasteiger partial charge is 0.310 e. The molecule has 2 aliphatic rings. The number of hydrogen-bond donors (Lipinski definition) is 0. The van der Waals surface area contributed by atoms with Gasteiger partial charge in [-0.3, -0.25) is 0 Å². The Morgan fingerprint density at radius 2 is 1.00 bits per heavy atom. The van der Waals surface area contributed by atoms with Gasteiger partial charge in [-0.05, 0) is 99.1 Å². The summed E-state index contributed by atoms with van der Waals surface area (Å²) in [6.07, 6.45) is 0.